The minimum absolute atomic E-state index is 0.161. The molecule has 0 bridgehead atoms. The van der Waals surface area contributed by atoms with Crippen LogP contribution in [-0.4, -0.2) is 20.4 Å². The number of amides is 2. The molecule has 7 nitrogen and oxygen atoms in total. The number of carbonyl (C=O) groups excluding carboxylic acids is 1. The van der Waals surface area contributed by atoms with Crippen LogP contribution in [-0.2, 0) is 20.6 Å². The maximum absolute atomic E-state index is 11.8. The maximum Gasteiger partial charge on any atom is 0.319 e. The monoisotopic (exact) mass is 339 g/mol. The van der Waals surface area contributed by atoms with Crippen LogP contribution in [0.1, 0.15) is 5.69 Å². The van der Waals surface area contributed by atoms with Crippen molar-refractivity contribution in [1.29, 1.82) is 0 Å². The molecule has 2 N–H and O–H groups in total. The third kappa shape index (κ3) is 3.27. The zero-order chi connectivity index (χ0) is 14.7. The Balaban J connectivity index is 1.98. The Labute approximate surface area is 123 Å². The van der Waals surface area contributed by atoms with E-state index in [0.29, 0.717) is 16.7 Å². The number of urea groups is 1. The fourth-order valence-corrected chi connectivity index (χ4v) is 2.19. The van der Waals surface area contributed by atoms with Gasteiger partial charge in [-0.25, -0.2) is 4.79 Å². The molecular weight excluding hydrogens is 326 g/mol. The molecule has 2 aromatic rings. The Morgan fingerprint density at radius 2 is 2.20 bits per heavy atom. The predicted molar refractivity (Wildman–Crippen MR) is 78.4 cm³/mol. The predicted octanol–water partition coefficient (Wildman–Crippen LogP) is 1.20. The lowest BCUT2D eigenvalue weighted by atomic mass is 10.4. The lowest BCUT2D eigenvalue weighted by Gasteiger charge is -2.09. The lowest BCUT2D eigenvalue weighted by molar-refractivity contribution is 0.251. The first-order valence-corrected chi connectivity index (χ1v) is 6.64. The number of carbonyl (C=O) groups is 1. The molecule has 0 saturated heterocycles. The molecule has 0 aliphatic heterocycles. The Morgan fingerprint density at radius 3 is 2.80 bits per heavy atom. The molecule has 2 heterocycles. The number of nitrogens with one attached hydrogen (secondary N) is 2. The standard InChI is InChI=1S/C12H14BrN5O2/c1-17-7-8(5-10(13)11(17)19)16-12(20)14-6-9-3-4-15-18(9)2/h3-5,7H,6H2,1-2H3,(H2,14,16,20). The number of hydrogen-bond donors (Lipinski definition) is 2. The van der Waals surface area contributed by atoms with Gasteiger partial charge in [-0.1, -0.05) is 0 Å². The van der Waals surface area contributed by atoms with Crippen LogP contribution >= 0.6 is 15.9 Å². The molecule has 0 fully saturated rings. The van der Waals surface area contributed by atoms with Gasteiger partial charge in [0.1, 0.15) is 0 Å². The largest absolute Gasteiger partial charge is 0.332 e. The molecule has 2 amide bonds. The summed E-state index contributed by atoms with van der Waals surface area (Å²) in [7, 11) is 3.42. The van der Waals surface area contributed by atoms with Crippen molar-refractivity contribution in [2.24, 2.45) is 14.1 Å². The first kappa shape index (κ1) is 14.3. The molecule has 0 saturated carbocycles. The highest BCUT2D eigenvalue weighted by Crippen LogP contribution is 2.11. The van der Waals surface area contributed by atoms with Crippen LogP contribution in [0.3, 0.4) is 0 Å². The molecule has 0 atom stereocenters. The molecule has 106 valence electrons. The van der Waals surface area contributed by atoms with E-state index in [9.17, 15) is 9.59 Å². The molecule has 2 rings (SSSR count). The highest BCUT2D eigenvalue weighted by Gasteiger charge is 2.06. The smallest absolute Gasteiger partial charge is 0.319 e. The first-order valence-electron chi connectivity index (χ1n) is 5.85. The van der Waals surface area contributed by atoms with Crippen molar-refractivity contribution in [1.82, 2.24) is 19.7 Å². The molecule has 0 aliphatic carbocycles. The van der Waals surface area contributed by atoms with Crippen molar-refractivity contribution >= 4 is 27.6 Å². The van der Waals surface area contributed by atoms with Gasteiger partial charge in [0.05, 0.1) is 22.4 Å². The topological polar surface area (TPSA) is 81.0 Å². The van der Waals surface area contributed by atoms with Gasteiger partial charge in [-0.3, -0.25) is 9.48 Å². The Hall–Kier alpha value is -2.09. The van der Waals surface area contributed by atoms with Crippen molar-refractivity contribution in [3.05, 3.63) is 45.0 Å². The fourth-order valence-electron chi connectivity index (χ4n) is 1.66. The van der Waals surface area contributed by atoms with Crippen molar-refractivity contribution in [3.63, 3.8) is 0 Å². The first-order chi connectivity index (χ1) is 9.47. The summed E-state index contributed by atoms with van der Waals surface area (Å²) in [5, 5.41) is 9.39. The summed E-state index contributed by atoms with van der Waals surface area (Å²) in [6.45, 7) is 0.370. The number of pyridine rings is 1. The Morgan fingerprint density at radius 1 is 1.45 bits per heavy atom. The van der Waals surface area contributed by atoms with Crippen LogP contribution in [0.5, 0.6) is 0 Å². The third-order valence-electron chi connectivity index (χ3n) is 2.75. The van der Waals surface area contributed by atoms with Crippen LogP contribution in [0.4, 0.5) is 10.5 Å². The number of halogens is 1. The van der Waals surface area contributed by atoms with Crippen molar-refractivity contribution in [2.75, 3.05) is 5.32 Å². The van der Waals surface area contributed by atoms with Gasteiger partial charge in [-0.05, 0) is 28.1 Å². The molecule has 8 heteroatoms. The summed E-state index contributed by atoms with van der Waals surface area (Å²) >= 11 is 3.15. The zero-order valence-corrected chi connectivity index (χ0v) is 12.6. The minimum atomic E-state index is -0.350. The van der Waals surface area contributed by atoms with E-state index in [1.165, 1.54) is 4.57 Å². The summed E-state index contributed by atoms with van der Waals surface area (Å²) in [5.41, 5.74) is 1.26. The van der Waals surface area contributed by atoms with Gasteiger partial charge in [-0.15, -0.1) is 0 Å². The number of nitrogens with zero attached hydrogens (tertiary/aromatic N) is 3. The minimum Gasteiger partial charge on any atom is -0.332 e. The molecular formula is C12H14BrN5O2. The highest BCUT2D eigenvalue weighted by molar-refractivity contribution is 9.10. The van der Waals surface area contributed by atoms with Crippen LogP contribution in [0.25, 0.3) is 0 Å². The molecule has 0 aliphatic rings. The van der Waals surface area contributed by atoms with Gasteiger partial charge in [0, 0.05) is 26.5 Å². The van der Waals surface area contributed by atoms with E-state index in [0.717, 1.165) is 5.69 Å². The van der Waals surface area contributed by atoms with E-state index < -0.39 is 0 Å². The van der Waals surface area contributed by atoms with E-state index in [1.54, 1.807) is 37.2 Å². The summed E-state index contributed by atoms with van der Waals surface area (Å²) < 4.78 is 3.47. The van der Waals surface area contributed by atoms with Gasteiger partial charge < -0.3 is 15.2 Å². The molecule has 0 aromatic carbocycles. The van der Waals surface area contributed by atoms with Gasteiger partial charge >= 0.3 is 6.03 Å². The number of aromatic nitrogens is 3. The maximum atomic E-state index is 11.8. The van der Waals surface area contributed by atoms with E-state index in [-0.39, 0.29) is 11.6 Å². The normalized spacial score (nSPS) is 10.3. The molecule has 20 heavy (non-hydrogen) atoms. The van der Waals surface area contributed by atoms with Gasteiger partial charge in [0.15, 0.2) is 0 Å². The van der Waals surface area contributed by atoms with E-state index in [1.807, 2.05) is 6.07 Å². The van der Waals surface area contributed by atoms with E-state index in [2.05, 4.69) is 31.7 Å². The Kier molecular flexibility index (Phi) is 4.23. The van der Waals surface area contributed by atoms with E-state index >= 15 is 0 Å². The quantitative estimate of drug-likeness (QED) is 0.881. The average molecular weight is 340 g/mol. The van der Waals surface area contributed by atoms with Crippen LogP contribution < -0.4 is 16.2 Å². The highest BCUT2D eigenvalue weighted by atomic mass is 79.9. The van der Waals surface area contributed by atoms with Crippen LogP contribution in [0.2, 0.25) is 0 Å². The molecule has 2 aromatic heterocycles. The summed E-state index contributed by atoms with van der Waals surface area (Å²) in [5.74, 6) is 0. The molecule has 0 radical (unpaired) electrons. The van der Waals surface area contributed by atoms with Gasteiger partial charge in [-0.2, -0.15) is 5.10 Å². The number of rotatable bonds is 3. The molecule has 0 unspecified atom stereocenters. The number of hydrogen-bond acceptors (Lipinski definition) is 3. The lowest BCUT2D eigenvalue weighted by Crippen LogP contribution is -2.29. The van der Waals surface area contributed by atoms with Crippen molar-refractivity contribution in [3.8, 4) is 0 Å². The SMILES string of the molecule is Cn1nccc1CNC(=O)Nc1cc(Br)c(=O)n(C)c1. The summed E-state index contributed by atoms with van der Waals surface area (Å²) in [6, 6.07) is 3.03. The van der Waals surface area contributed by atoms with Crippen molar-refractivity contribution in [2.45, 2.75) is 6.54 Å². The zero-order valence-electron chi connectivity index (χ0n) is 11.1. The van der Waals surface area contributed by atoms with Crippen molar-refractivity contribution < 1.29 is 4.79 Å². The number of anilines is 1. The van der Waals surface area contributed by atoms with Gasteiger partial charge in [0.2, 0.25) is 0 Å². The second-order valence-corrected chi connectivity index (χ2v) is 5.10. The summed E-state index contributed by atoms with van der Waals surface area (Å²) in [6.07, 6.45) is 3.22. The van der Waals surface area contributed by atoms with Gasteiger partial charge in [0.25, 0.3) is 5.56 Å². The van der Waals surface area contributed by atoms with Crippen LogP contribution in [0, 0.1) is 0 Å². The van der Waals surface area contributed by atoms with Crippen LogP contribution in [0.15, 0.2) is 33.8 Å². The Bertz CT molecular complexity index is 665. The average Bonchev–Trinajstić information content (AvgIpc) is 2.79. The number of aryl methyl sites for hydroxylation is 2. The fraction of sp³-hybridized carbons (Fsp3) is 0.250. The second kappa shape index (κ2) is 5.91. The van der Waals surface area contributed by atoms with E-state index in [4.69, 9.17) is 0 Å². The molecule has 0 spiro atoms. The second-order valence-electron chi connectivity index (χ2n) is 4.25. The summed E-state index contributed by atoms with van der Waals surface area (Å²) in [4.78, 5) is 23.3. The third-order valence-corrected chi connectivity index (χ3v) is 3.32.